The number of para-hydroxylation sites is 1. The molecule has 0 atom stereocenters. The Morgan fingerprint density at radius 2 is 2.05 bits per heavy atom. The molecule has 0 saturated carbocycles. The van der Waals surface area contributed by atoms with E-state index in [0.717, 1.165) is 0 Å². The molecule has 1 aromatic carbocycles. The van der Waals surface area contributed by atoms with Gasteiger partial charge in [-0.05, 0) is 25.1 Å². The zero-order chi connectivity index (χ0) is 15.7. The third-order valence-corrected chi connectivity index (χ3v) is 3.37. The number of aryl methyl sites for hydroxylation is 1. The SMILES string of the molecule is Cc1cc(Cl)nc(NC(=S)c2nc3ccccc3c(=O)[nH]2)n1. The molecule has 110 valence electrons. The second-order valence-electron chi connectivity index (χ2n) is 4.54. The van der Waals surface area contributed by atoms with Gasteiger partial charge in [-0.25, -0.2) is 15.0 Å². The summed E-state index contributed by atoms with van der Waals surface area (Å²) in [6.07, 6.45) is 0. The van der Waals surface area contributed by atoms with Gasteiger partial charge in [0, 0.05) is 5.69 Å². The number of hydrogen-bond donors (Lipinski definition) is 2. The molecule has 0 saturated heterocycles. The molecule has 0 aliphatic rings. The van der Waals surface area contributed by atoms with E-state index in [0.29, 0.717) is 21.7 Å². The van der Waals surface area contributed by atoms with Crippen LogP contribution in [0.5, 0.6) is 0 Å². The van der Waals surface area contributed by atoms with E-state index in [9.17, 15) is 4.79 Å². The van der Waals surface area contributed by atoms with Crippen molar-refractivity contribution in [2.75, 3.05) is 5.32 Å². The summed E-state index contributed by atoms with van der Waals surface area (Å²) < 4.78 is 0. The lowest BCUT2D eigenvalue weighted by atomic mass is 10.2. The van der Waals surface area contributed by atoms with E-state index in [1.54, 1.807) is 37.3 Å². The zero-order valence-electron chi connectivity index (χ0n) is 11.4. The van der Waals surface area contributed by atoms with Crippen LogP contribution in [-0.2, 0) is 0 Å². The summed E-state index contributed by atoms with van der Waals surface area (Å²) in [6, 6.07) is 8.66. The number of hydrogen-bond acceptors (Lipinski definition) is 5. The minimum Gasteiger partial charge on any atom is -0.312 e. The Morgan fingerprint density at radius 3 is 2.82 bits per heavy atom. The van der Waals surface area contributed by atoms with Gasteiger partial charge in [0.15, 0.2) is 5.82 Å². The second-order valence-corrected chi connectivity index (χ2v) is 5.34. The van der Waals surface area contributed by atoms with E-state index in [2.05, 4.69) is 25.3 Å². The first-order chi connectivity index (χ1) is 10.5. The van der Waals surface area contributed by atoms with E-state index >= 15 is 0 Å². The number of nitrogens with zero attached hydrogens (tertiary/aromatic N) is 3. The number of nitrogens with one attached hydrogen (secondary N) is 2. The standard InChI is InChI=1S/C14H10ClN5OS/c1-7-6-10(15)18-14(16-7)20-13(22)11-17-9-5-3-2-4-8(9)12(21)19-11/h2-6H,1H3,(H,17,19,21)(H,16,18,20,22). The molecular weight excluding hydrogens is 322 g/mol. The summed E-state index contributed by atoms with van der Waals surface area (Å²) in [7, 11) is 0. The van der Waals surface area contributed by atoms with Crippen molar-refractivity contribution in [1.29, 1.82) is 0 Å². The van der Waals surface area contributed by atoms with Crippen LogP contribution in [0.2, 0.25) is 5.15 Å². The summed E-state index contributed by atoms with van der Waals surface area (Å²) in [5.41, 5.74) is 1.01. The number of benzene rings is 1. The van der Waals surface area contributed by atoms with Gasteiger partial charge >= 0.3 is 0 Å². The van der Waals surface area contributed by atoms with Crippen molar-refractivity contribution in [3.63, 3.8) is 0 Å². The smallest absolute Gasteiger partial charge is 0.259 e. The van der Waals surface area contributed by atoms with Gasteiger partial charge in [0.2, 0.25) is 5.95 Å². The molecule has 0 bridgehead atoms. The number of thiocarbonyl (C=S) groups is 1. The van der Waals surface area contributed by atoms with E-state index in [1.165, 1.54) is 0 Å². The first-order valence-electron chi connectivity index (χ1n) is 6.34. The van der Waals surface area contributed by atoms with E-state index < -0.39 is 0 Å². The fourth-order valence-corrected chi connectivity index (χ4v) is 2.37. The van der Waals surface area contributed by atoms with Crippen LogP contribution >= 0.6 is 23.8 Å². The lowest BCUT2D eigenvalue weighted by Crippen LogP contribution is -2.21. The fraction of sp³-hybridized carbons (Fsp3) is 0.0714. The third kappa shape index (κ3) is 2.95. The molecule has 2 heterocycles. The summed E-state index contributed by atoms with van der Waals surface area (Å²) in [5.74, 6) is 0.505. The van der Waals surface area contributed by atoms with Crippen molar-refractivity contribution in [3.05, 3.63) is 57.4 Å². The molecule has 8 heteroatoms. The van der Waals surface area contributed by atoms with Crippen LogP contribution in [0.15, 0.2) is 35.1 Å². The maximum Gasteiger partial charge on any atom is 0.259 e. The monoisotopic (exact) mass is 331 g/mol. The third-order valence-electron chi connectivity index (χ3n) is 2.88. The molecule has 6 nitrogen and oxygen atoms in total. The predicted octanol–water partition coefficient (Wildman–Crippen LogP) is 2.46. The van der Waals surface area contributed by atoms with Gasteiger partial charge in [-0.2, -0.15) is 0 Å². The molecular formula is C14H10ClN5OS. The quantitative estimate of drug-likeness (QED) is 0.554. The molecule has 0 radical (unpaired) electrons. The van der Waals surface area contributed by atoms with Crippen molar-refractivity contribution in [1.82, 2.24) is 19.9 Å². The van der Waals surface area contributed by atoms with Gasteiger partial charge in [0.25, 0.3) is 5.56 Å². The Balaban J connectivity index is 1.97. The topological polar surface area (TPSA) is 83.6 Å². The van der Waals surface area contributed by atoms with Crippen LogP contribution in [0, 0.1) is 6.92 Å². The fourth-order valence-electron chi connectivity index (χ4n) is 1.94. The Kier molecular flexibility index (Phi) is 3.82. The number of rotatable bonds is 2. The maximum atomic E-state index is 12.0. The highest BCUT2D eigenvalue weighted by atomic mass is 35.5. The van der Waals surface area contributed by atoms with Crippen LogP contribution in [-0.4, -0.2) is 24.9 Å². The summed E-state index contributed by atoms with van der Waals surface area (Å²) in [5, 5.41) is 3.63. The van der Waals surface area contributed by atoms with Gasteiger partial charge in [0.05, 0.1) is 10.9 Å². The Morgan fingerprint density at radius 1 is 1.27 bits per heavy atom. The average Bonchev–Trinajstić information content (AvgIpc) is 2.46. The highest BCUT2D eigenvalue weighted by Crippen LogP contribution is 2.11. The average molecular weight is 332 g/mol. The highest BCUT2D eigenvalue weighted by Gasteiger charge is 2.10. The van der Waals surface area contributed by atoms with Gasteiger partial charge in [-0.3, -0.25) is 4.79 Å². The largest absolute Gasteiger partial charge is 0.312 e. The number of fused-ring (bicyclic) bond motifs is 1. The summed E-state index contributed by atoms with van der Waals surface area (Å²) in [6.45, 7) is 1.79. The predicted molar refractivity (Wildman–Crippen MR) is 89.5 cm³/mol. The van der Waals surface area contributed by atoms with Gasteiger partial charge in [-0.15, -0.1) is 0 Å². The molecule has 0 fully saturated rings. The summed E-state index contributed by atoms with van der Waals surface area (Å²) in [4.78, 5) is 27.4. The van der Waals surface area contributed by atoms with Crippen molar-refractivity contribution in [3.8, 4) is 0 Å². The zero-order valence-corrected chi connectivity index (χ0v) is 13.0. The minimum absolute atomic E-state index is 0.213. The number of H-pyrrole nitrogens is 1. The van der Waals surface area contributed by atoms with Crippen molar-refractivity contribution in [2.24, 2.45) is 0 Å². The first-order valence-corrected chi connectivity index (χ1v) is 7.13. The number of halogens is 1. The lowest BCUT2D eigenvalue weighted by molar-refractivity contribution is 1.10. The molecule has 2 N–H and O–H groups in total. The molecule has 2 aromatic heterocycles. The van der Waals surface area contributed by atoms with E-state index in [1.807, 2.05) is 0 Å². The minimum atomic E-state index is -0.257. The van der Waals surface area contributed by atoms with Gasteiger partial charge in [-0.1, -0.05) is 36.0 Å². The normalized spacial score (nSPS) is 10.6. The molecule has 0 spiro atoms. The van der Waals surface area contributed by atoms with Crippen molar-refractivity contribution in [2.45, 2.75) is 6.92 Å². The molecule has 22 heavy (non-hydrogen) atoms. The van der Waals surface area contributed by atoms with Crippen LogP contribution in [0.1, 0.15) is 11.5 Å². The molecule has 0 aliphatic carbocycles. The van der Waals surface area contributed by atoms with Crippen LogP contribution in [0.4, 0.5) is 5.95 Å². The maximum absolute atomic E-state index is 12.0. The Labute approximate surface area is 135 Å². The molecule has 0 unspecified atom stereocenters. The molecule has 0 aliphatic heterocycles. The number of aromatic amines is 1. The molecule has 0 amide bonds. The van der Waals surface area contributed by atoms with E-state index in [-0.39, 0.29) is 22.3 Å². The second kappa shape index (κ2) is 5.78. The highest BCUT2D eigenvalue weighted by molar-refractivity contribution is 7.81. The van der Waals surface area contributed by atoms with Crippen LogP contribution < -0.4 is 10.9 Å². The molecule has 3 aromatic rings. The number of aromatic nitrogens is 4. The van der Waals surface area contributed by atoms with Crippen LogP contribution in [0.25, 0.3) is 10.9 Å². The van der Waals surface area contributed by atoms with Crippen molar-refractivity contribution >= 4 is 45.7 Å². The Hall–Kier alpha value is -2.38. The van der Waals surface area contributed by atoms with E-state index in [4.69, 9.17) is 23.8 Å². The Bertz CT molecular complexity index is 920. The molecule has 3 rings (SSSR count). The number of anilines is 1. The first kappa shape index (κ1) is 14.6. The van der Waals surface area contributed by atoms with Crippen LogP contribution in [0.3, 0.4) is 0 Å². The van der Waals surface area contributed by atoms with Gasteiger partial charge in [0.1, 0.15) is 10.1 Å². The van der Waals surface area contributed by atoms with Gasteiger partial charge < -0.3 is 10.3 Å². The van der Waals surface area contributed by atoms with Crippen molar-refractivity contribution < 1.29 is 0 Å². The summed E-state index contributed by atoms with van der Waals surface area (Å²) >= 11 is 11.1. The lowest BCUT2D eigenvalue weighted by Gasteiger charge is -2.07.